The lowest BCUT2D eigenvalue weighted by Gasteiger charge is -2.09. The van der Waals surface area contributed by atoms with Gasteiger partial charge in [-0.05, 0) is 5.41 Å². The first-order chi connectivity index (χ1) is 4.55. The maximum atomic E-state index is 11.1. The second kappa shape index (κ2) is 1.45. The van der Waals surface area contributed by atoms with E-state index >= 15 is 0 Å². The highest BCUT2D eigenvalue weighted by molar-refractivity contribution is 5.89. The van der Waals surface area contributed by atoms with Crippen LogP contribution in [0.4, 0.5) is 0 Å². The molecule has 3 atom stereocenters. The van der Waals surface area contributed by atoms with Crippen LogP contribution in [0.25, 0.3) is 0 Å². The highest BCUT2D eigenvalue weighted by Gasteiger charge is 2.68. The van der Waals surface area contributed by atoms with Crippen LogP contribution in [0.3, 0.4) is 0 Å². The van der Waals surface area contributed by atoms with Gasteiger partial charge < -0.3 is 5.11 Å². The van der Waals surface area contributed by atoms with Gasteiger partial charge in [-0.15, -0.1) is 0 Å². The summed E-state index contributed by atoms with van der Waals surface area (Å²) in [6.07, 6.45) is 0.0613. The fourth-order valence-corrected chi connectivity index (χ4v) is 2.47. The maximum Gasteiger partial charge on any atom is 0.139 e. The average molecular weight is 140 g/mol. The van der Waals surface area contributed by atoms with Gasteiger partial charge in [0, 0.05) is 18.3 Å². The van der Waals surface area contributed by atoms with E-state index in [9.17, 15) is 9.90 Å². The van der Waals surface area contributed by atoms with E-state index in [-0.39, 0.29) is 29.1 Å². The fraction of sp³-hybridized carbons (Fsp3) is 0.875. The molecule has 0 heterocycles. The van der Waals surface area contributed by atoms with Gasteiger partial charge in [-0.25, -0.2) is 0 Å². The first-order valence-electron chi connectivity index (χ1n) is 3.76. The zero-order valence-electron chi connectivity index (χ0n) is 6.29. The Morgan fingerprint density at radius 2 is 2.20 bits per heavy atom. The Labute approximate surface area is 60.2 Å². The molecule has 0 bridgehead atoms. The first-order valence-corrected chi connectivity index (χ1v) is 3.76. The topological polar surface area (TPSA) is 37.3 Å². The van der Waals surface area contributed by atoms with Crippen LogP contribution in [0.5, 0.6) is 0 Å². The molecule has 0 saturated heterocycles. The molecule has 2 heteroatoms. The molecular weight excluding hydrogens is 128 g/mol. The van der Waals surface area contributed by atoms with Crippen LogP contribution in [0.1, 0.15) is 20.3 Å². The van der Waals surface area contributed by atoms with E-state index in [1.54, 1.807) is 0 Å². The lowest BCUT2D eigenvalue weighted by atomic mass is 9.99. The van der Waals surface area contributed by atoms with E-state index in [0.29, 0.717) is 6.42 Å². The number of fused-ring (bicyclic) bond motifs is 1. The second-order valence-electron chi connectivity index (χ2n) is 4.06. The van der Waals surface area contributed by atoms with Gasteiger partial charge >= 0.3 is 0 Å². The number of hydrogen-bond acceptors (Lipinski definition) is 2. The Bertz CT molecular complexity index is 195. The first kappa shape index (κ1) is 6.35. The number of Topliss-reactive ketones (excluding diaryl/α,β-unsaturated/α-hetero) is 1. The molecule has 0 aromatic carbocycles. The van der Waals surface area contributed by atoms with E-state index in [0.717, 1.165) is 0 Å². The van der Waals surface area contributed by atoms with Crippen molar-refractivity contribution in [1.82, 2.24) is 0 Å². The van der Waals surface area contributed by atoms with E-state index in [4.69, 9.17) is 0 Å². The molecule has 1 N–H and O–H groups in total. The van der Waals surface area contributed by atoms with Crippen LogP contribution in [-0.4, -0.2) is 17.0 Å². The number of carbonyl (C=O) groups excluding carboxylic acids is 1. The summed E-state index contributed by atoms with van der Waals surface area (Å²) in [5, 5.41) is 9.32. The van der Waals surface area contributed by atoms with Crippen LogP contribution in [0.2, 0.25) is 0 Å². The average Bonchev–Trinajstić information content (AvgIpc) is 2.17. The molecule has 0 aromatic heterocycles. The Morgan fingerprint density at radius 1 is 1.60 bits per heavy atom. The highest BCUT2D eigenvalue weighted by atomic mass is 16.3. The van der Waals surface area contributed by atoms with E-state index < -0.39 is 0 Å². The van der Waals surface area contributed by atoms with Gasteiger partial charge in [0.05, 0.1) is 6.10 Å². The van der Waals surface area contributed by atoms with Crippen molar-refractivity contribution in [1.29, 1.82) is 0 Å². The molecule has 2 aliphatic carbocycles. The van der Waals surface area contributed by atoms with Gasteiger partial charge in [0.2, 0.25) is 0 Å². The Balaban J connectivity index is 2.25. The van der Waals surface area contributed by atoms with Crippen molar-refractivity contribution >= 4 is 5.78 Å². The fourth-order valence-electron chi connectivity index (χ4n) is 2.47. The standard InChI is InChI=1S/C8H12O2/c1-8(2)6-4(9)3-5(10)7(6)8/h4,6-7,9H,3H2,1-2H3/t4-,6+,7-/m1/s1. The van der Waals surface area contributed by atoms with Gasteiger partial charge in [0.15, 0.2) is 0 Å². The summed E-state index contributed by atoms with van der Waals surface area (Å²) in [6.45, 7) is 4.12. The largest absolute Gasteiger partial charge is 0.392 e. The van der Waals surface area contributed by atoms with Gasteiger partial charge in [0.25, 0.3) is 0 Å². The lowest BCUT2D eigenvalue weighted by molar-refractivity contribution is -0.120. The third-order valence-electron chi connectivity index (χ3n) is 3.08. The quantitative estimate of drug-likeness (QED) is 0.534. The minimum Gasteiger partial charge on any atom is -0.392 e. The molecule has 56 valence electrons. The SMILES string of the molecule is CC1(C)[C@H]2[C@H](O)CC(=O)[C@H]21. The minimum atomic E-state index is -0.340. The van der Waals surface area contributed by atoms with Crippen LogP contribution in [-0.2, 0) is 4.79 Å². The van der Waals surface area contributed by atoms with Crippen molar-refractivity contribution in [3.8, 4) is 0 Å². The molecule has 2 fully saturated rings. The van der Waals surface area contributed by atoms with Crippen LogP contribution >= 0.6 is 0 Å². The van der Waals surface area contributed by atoms with Crippen LogP contribution < -0.4 is 0 Å². The highest BCUT2D eigenvalue weighted by Crippen LogP contribution is 2.64. The number of ketones is 1. The molecule has 2 rings (SSSR count). The Hall–Kier alpha value is -0.370. The smallest absolute Gasteiger partial charge is 0.139 e. The third-order valence-corrected chi connectivity index (χ3v) is 3.08. The summed E-state index contributed by atoms with van der Waals surface area (Å²) in [5.74, 6) is 0.727. The summed E-state index contributed by atoms with van der Waals surface area (Å²) in [5.41, 5.74) is 0.106. The summed E-state index contributed by atoms with van der Waals surface area (Å²) in [7, 11) is 0. The number of hydrogen-bond donors (Lipinski definition) is 1. The lowest BCUT2D eigenvalue weighted by Crippen LogP contribution is -2.15. The molecule has 0 unspecified atom stereocenters. The van der Waals surface area contributed by atoms with E-state index in [2.05, 4.69) is 13.8 Å². The normalized spacial score (nSPS) is 49.1. The Kier molecular flexibility index (Phi) is 0.919. The maximum absolute atomic E-state index is 11.1. The molecular formula is C8H12O2. The summed E-state index contributed by atoms with van der Waals surface area (Å²) >= 11 is 0. The van der Waals surface area contributed by atoms with E-state index in [1.807, 2.05) is 0 Å². The summed E-state index contributed by atoms with van der Waals surface area (Å²) in [6, 6.07) is 0. The zero-order chi connectivity index (χ0) is 7.52. The van der Waals surface area contributed by atoms with Crippen molar-refractivity contribution in [3.05, 3.63) is 0 Å². The van der Waals surface area contributed by atoms with E-state index in [1.165, 1.54) is 0 Å². The van der Waals surface area contributed by atoms with Crippen molar-refractivity contribution in [3.63, 3.8) is 0 Å². The molecule has 0 amide bonds. The monoisotopic (exact) mass is 140 g/mol. The third kappa shape index (κ3) is 0.511. The van der Waals surface area contributed by atoms with Gasteiger partial charge in [0.1, 0.15) is 5.78 Å². The Morgan fingerprint density at radius 3 is 2.40 bits per heavy atom. The van der Waals surface area contributed by atoms with Crippen molar-refractivity contribution < 1.29 is 9.90 Å². The molecule has 0 radical (unpaired) electrons. The molecule has 0 aliphatic heterocycles. The van der Waals surface area contributed by atoms with Crippen molar-refractivity contribution in [2.75, 3.05) is 0 Å². The van der Waals surface area contributed by atoms with Crippen LogP contribution in [0.15, 0.2) is 0 Å². The minimum absolute atomic E-state index is 0.106. The van der Waals surface area contributed by atoms with Crippen molar-refractivity contribution in [2.24, 2.45) is 17.3 Å². The predicted molar refractivity (Wildman–Crippen MR) is 36.4 cm³/mol. The number of aliphatic hydroxyl groups is 1. The summed E-state index contributed by atoms with van der Waals surface area (Å²) in [4.78, 5) is 11.1. The zero-order valence-corrected chi connectivity index (χ0v) is 6.29. The summed E-state index contributed by atoms with van der Waals surface area (Å²) < 4.78 is 0. The molecule has 0 aromatic rings. The molecule has 2 saturated carbocycles. The van der Waals surface area contributed by atoms with Gasteiger partial charge in [-0.3, -0.25) is 4.79 Å². The predicted octanol–water partition coefficient (Wildman–Crippen LogP) is 0.592. The molecule has 10 heavy (non-hydrogen) atoms. The molecule has 2 nitrogen and oxygen atoms in total. The van der Waals surface area contributed by atoms with Crippen molar-refractivity contribution in [2.45, 2.75) is 26.4 Å². The van der Waals surface area contributed by atoms with Crippen LogP contribution in [0, 0.1) is 17.3 Å². The number of aliphatic hydroxyl groups excluding tert-OH is 1. The van der Waals surface area contributed by atoms with Gasteiger partial charge in [-0.1, -0.05) is 13.8 Å². The number of carbonyl (C=O) groups is 1. The molecule has 2 aliphatic rings. The second-order valence-corrected chi connectivity index (χ2v) is 4.06. The van der Waals surface area contributed by atoms with Gasteiger partial charge in [-0.2, -0.15) is 0 Å². The number of rotatable bonds is 0. The molecule has 0 spiro atoms.